The number of hydrogen-bond donors (Lipinski definition) is 2. The number of aromatic nitrogens is 1. The molecule has 2 atom stereocenters. The lowest BCUT2D eigenvalue weighted by Crippen LogP contribution is -2.56. The van der Waals surface area contributed by atoms with E-state index in [9.17, 15) is 13.2 Å². The third kappa shape index (κ3) is 4.10. The van der Waals surface area contributed by atoms with Crippen LogP contribution >= 0.6 is 0 Å². The van der Waals surface area contributed by atoms with Crippen molar-refractivity contribution in [3.63, 3.8) is 0 Å². The number of amides is 1. The molecule has 3 N–H and O–H groups in total. The van der Waals surface area contributed by atoms with Crippen LogP contribution in [0.1, 0.15) is 67.6 Å². The van der Waals surface area contributed by atoms with Crippen molar-refractivity contribution in [1.29, 1.82) is 0 Å². The molecule has 28 heavy (non-hydrogen) atoms. The summed E-state index contributed by atoms with van der Waals surface area (Å²) < 4.78 is 34.3. The molecule has 0 radical (unpaired) electrons. The van der Waals surface area contributed by atoms with Crippen LogP contribution in [-0.4, -0.2) is 65.9 Å². The molecule has 0 unspecified atom stereocenters. The molecule has 9 nitrogen and oxygen atoms in total. The van der Waals surface area contributed by atoms with Gasteiger partial charge in [0, 0.05) is 49.7 Å². The normalized spacial score (nSPS) is 28.4. The van der Waals surface area contributed by atoms with Gasteiger partial charge in [0.15, 0.2) is 5.69 Å². The van der Waals surface area contributed by atoms with E-state index in [2.05, 4.69) is 10.5 Å². The highest BCUT2D eigenvalue weighted by Crippen LogP contribution is 2.40. The molecule has 4 rings (SSSR count). The number of carbonyl (C=O) groups excluding carboxylic acids is 1. The lowest BCUT2D eigenvalue weighted by Gasteiger charge is -2.40. The SMILES string of the molecule is C[C@@H]1C[C@@H](NC(=O)c2cc(C3CC3)on2)CCN1S(=O)(=O)N1CCC(N)CC1. The largest absolute Gasteiger partial charge is 0.360 e. The van der Waals surface area contributed by atoms with E-state index in [1.165, 1.54) is 0 Å². The highest BCUT2D eigenvalue weighted by atomic mass is 32.2. The van der Waals surface area contributed by atoms with Crippen molar-refractivity contribution in [2.24, 2.45) is 5.73 Å². The summed E-state index contributed by atoms with van der Waals surface area (Å²) in [5.74, 6) is 0.932. The highest BCUT2D eigenvalue weighted by Gasteiger charge is 2.39. The van der Waals surface area contributed by atoms with Crippen molar-refractivity contribution in [2.45, 2.75) is 69.5 Å². The summed E-state index contributed by atoms with van der Waals surface area (Å²) in [5.41, 5.74) is 6.19. The second-order valence-electron chi connectivity index (χ2n) is 8.29. The first kappa shape index (κ1) is 19.8. The molecule has 2 aliphatic heterocycles. The molecule has 0 spiro atoms. The molecule has 1 aliphatic carbocycles. The van der Waals surface area contributed by atoms with Crippen LogP contribution in [0.2, 0.25) is 0 Å². The maximum Gasteiger partial charge on any atom is 0.282 e. The summed E-state index contributed by atoms with van der Waals surface area (Å²) in [6.07, 6.45) is 4.72. The zero-order valence-electron chi connectivity index (χ0n) is 16.2. The van der Waals surface area contributed by atoms with Gasteiger partial charge in [-0.25, -0.2) is 0 Å². The third-order valence-electron chi connectivity index (χ3n) is 6.01. The van der Waals surface area contributed by atoms with Gasteiger partial charge < -0.3 is 15.6 Å². The van der Waals surface area contributed by atoms with Crippen molar-refractivity contribution in [3.8, 4) is 0 Å². The van der Waals surface area contributed by atoms with Crippen LogP contribution in [0.25, 0.3) is 0 Å². The van der Waals surface area contributed by atoms with Crippen molar-refractivity contribution >= 4 is 16.1 Å². The van der Waals surface area contributed by atoms with E-state index in [4.69, 9.17) is 10.3 Å². The minimum atomic E-state index is -3.49. The lowest BCUT2D eigenvalue weighted by molar-refractivity contribution is 0.0903. The fourth-order valence-corrected chi connectivity index (χ4v) is 5.94. The fraction of sp³-hybridized carbons (Fsp3) is 0.778. The zero-order valence-corrected chi connectivity index (χ0v) is 17.0. The standard InChI is InChI=1S/C18H29N5O4S/c1-12-10-15(20-18(24)16-11-17(27-21-16)13-2-3-13)6-9-23(12)28(25,26)22-7-4-14(19)5-8-22/h11-15H,2-10,19H2,1H3,(H,20,24)/t12-,15+/m1/s1. The van der Waals surface area contributed by atoms with Crippen molar-refractivity contribution < 1.29 is 17.7 Å². The predicted octanol–water partition coefficient (Wildman–Crippen LogP) is 0.803. The Hall–Kier alpha value is -1.49. The Bertz CT molecular complexity index is 814. The Labute approximate surface area is 165 Å². The number of rotatable bonds is 5. The molecule has 1 saturated carbocycles. The summed E-state index contributed by atoms with van der Waals surface area (Å²) in [5, 5.41) is 6.86. The summed E-state index contributed by atoms with van der Waals surface area (Å²) in [7, 11) is -3.49. The van der Waals surface area contributed by atoms with E-state index in [0.29, 0.717) is 56.9 Å². The Balaban J connectivity index is 1.33. The molecule has 0 bridgehead atoms. The molecular weight excluding hydrogens is 382 g/mol. The molecule has 3 heterocycles. The van der Waals surface area contributed by atoms with Gasteiger partial charge in [0.2, 0.25) is 0 Å². The second-order valence-corrected chi connectivity index (χ2v) is 10.2. The average Bonchev–Trinajstić information content (AvgIpc) is 3.38. The molecule has 3 aliphatic rings. The molecule has 1 aromatic rings. The quantitative estimate of drug-likeness (QED) is 0.739. The molecule has 2 saturated heterocycles. The zero-order chi connectivity index (χ0) is 19.9. The smallest absolute Gasteiger partial charge is 0.282 e. The van der Waals surface area contributed by atoms with Crippen molar-refractivity contribution in [2.75, 3.05) is 19.6 Å². The summed E-state index contributed by atoms with van der Waals surface area (Å²) in [4.78, 5) is 12.4. The Morgan fingerprint density at radius 2 is 1.93 bits per heavy atom. The number of nitrogens with two attached hydrogens (primary N) is 1. The first-order chi connectivity index (χ1) is 13.3. The minimum absolute atomic E-state index is 0.0789. The lowest BCUT2D eigenvalue weighted by atomic mass is 10.0. The maximum atomic E-state index is 13.0. The average molecular weight is 412 g/mol. The topological polar surface area (TPSA) is 122 Å². The fourth-order valence-electron chi connectivity index (χ4n) is 4.10. The van der Waals surface area contributed by atoms with Crippen LogP contribution in [0.5, 0.6) is 0 Å². The van der Waals surface area contributed by atoms with E-state index in [-0.39, 0.29) is 24.0 Å². The molecular formula is C18H29N5O4S. The molecule has 0 aromatic carbocycles. The van der Waals surface area contributed by atoms with Gasteiger partial charge in [-0.15, -0.1) is 0 Å². The Kier molecular flexibility index (Phi) is 5.47. The van der Waals surface area contributed by atoms with Gasteiger partial charge in [-0.3, -0.25) is 4.79 Å². The maximum absolute atomic E-state index is 13.0. The summed E-state index contributed by atoms with van der Waals surface area (Å²) >= 11 is 0. The van der Waals surface area contributed by atoms with E-state index in [1.807, 2.05) is 6.92 Å². The van der Waals surface area contributed by atoms with Crippen LogP contribution in [-0.2, 0) is 10.2 Å². The number of nitrogens with zero attached hydrogens (tertiary/aromatic N) is 3. The van der Waals surface area contributed by atoms with Crippen molar-refractivity contribution in [3.05, 3.63) is 17.5 Å². The van der Waals surface area contributed by atoms with Gasteiger partial charge >= 0.3 is 0 Å². The van der Waals surface area contributed by atoms with Crippen molar-refractivity contribution in [1.82, 2.24) is 19.1 Å². The van der Waals surface area contributed by atoms with Gasteiger partial charge in [-0.1, -0.05) is 5.16 Å². The van der Waals surface area contributed by atoms with Gasteiger partial charge in [0.05, 0.1) is 0 Å². The summed E-state index contributed by atoms with van der Waals surface area (Å²) in [6.45, 7) is 3.24. The molecule has 1 aromatic heterocycles. The predicted molar refractivity (Wildman–Crippen MR) is 103 cm³/mol. The highest BCUT2D eigenvalue weighted by molar-refractivity contribution is 7.86. The van der Waals surface area contributed by atoms with Gasteiger partial charge in [0.1, 0.15) is 5.76 Å². The Morgan fingerprint density at radius 1 is 1.21 bits per heavy atom. The third-order valence-corrected chi connectivity index (χ3v) is 8.17. The van der Waals surface area contributed by atoms with Crippen LogP contribution in [0.4, 0.5) is 0 Å². The number of nitrogens with one attached hydrogen (secondary N) is 1. The van der Waals surface area contributed by atoms with Crippen LogP contribution in [0.15, 0.2) is 10.6 Å². The Morgan fingerprint density at radius 3 is 2.57 bits per heavy atom. The van der Waals surface area contributed by atoms with Gasteiger partial charge in [-0.05, 0) is 45.4 Å². The van der Waals surface area contributed by atoms with E-state index in [0.717, 1.165) is 18.6 Å². The number of carbonyl (C=O) groups is 1. The van der Waals surface area contributed by atoms with E-state index >= 15 is 0 Å². The van der Waals surface area contributed by atoms with E-state index in [1.54, 1.807) is 14.7 Å². The summed E-state index contributed by atoms with van der Waals surface area (Å²) in [6, 6.07) is 1.54. The first-order valence-electron chi connectivity index (χ1n) is 10.1. The minimum Gasteiger partial charge on any atom is -0.360 e. The van der Waals surface area contributed by atoms with Crippen LogP contribution in [0.3, 0.4) is 0 Å². The molecule has 3 fully saturated rings. The van der Waals surface area contributed by atoms with Gasteiger partial charge in [-0.2, -0.15) is 17.0 Å². The first-order valence-corrected chi connectivity index (χ1v) is 11.5. The molecule has 1 amide bonds. The van der Waals surface area contributed by atoms with Crippen LogP contribution < -0.4 is 11.1 Å². The monoisotopic (exact) mass is 411 g/mol. The number of piperidine rings is 2. The van der Waals surface area contributed by atoms with E-state index < -0.39 is 10.2 Å². The molecule has 10 heteroatoms. The van der Waals surface area contributed by atoms with Crippen LogP contribution in [0, 0.1) is 0 Å². The van der Waals surface area contributed by atoms with Gasteiger partial charge in [0.25, 0.3) is 16.1 Å². The number of hydrogen-bond acceptors (Lipinski definition) is 6. The molecule has 156 valence electrons. The second kappa shape index (κ2) is 7.74.